The van der Waals surface area contributed by atoms with Gasteiger partial charge in [-0.25, -0.2) is 0 Å². The zero-order chi connectivity index (χ0) is 11.4. The Labute approximate surface area is 95.7 Å². The number of hydrogen-bond acceptors (Lipinski definition) is 3. The van der Waals surface area contributed by atoms with Crippen LogP contribution < -0.4 is 10.2 Å². The van der Waals surface area contributed by atoms with Gasteiger partial charge >= 0.3 is 0 Å². The standard InChI is InChI=1S/C12H17N3O/c1-15(11-3-2-7-13-9-11)12(16)6-8-14-10-4-5-10/h2-3,7,9-10,14H,4-6,8H2,1H3. The molecule has 1 aromatic heterocycles. The normalized spacial score (nSPS) is 14.8. The van der Waals surface area contributed by atoms with Crippen molar-refractivity contribution in [3.63, 3.8) is 0 Å². The second-order valence-electron chi connectivity index (χ2n) is 4.14. The lowest BCUT2D eigenvalue weighted by Crippen LogP contribution is -2.30. The van der Waals surface area contributed by atoms with Crippen LogP contribution in [0.15, 0.2) is 24.5 Å². The molecule has 16 heavy (non-hydrogen) atoms. The van der Waals surface area contributed by atoms with Crippen molar-refractivity contribution in [1.29, 1.82) is 0 Å². The highest BCUT2D eigenvalue weighted by molar-refractivity contribution is 5.92. The van der Waals surface area contributed by atoms with E-state index in [1.165, 1.54) is 12.8 Å². The van der Waals surface area contributed by atoms with Crippen LogP contribution in [-0.4, -0.2) is 30.5 Å². The number of carbonyl (C=O) groups is 1. The maximum absolute atomic E-state index is 11.8. The van der Waals surface area contributed by atoms with Crippen molar-refractivity contribution in [2.24, 2.45) is 0 Å². The van der Waals surface area contributed by atoms with Gasteiger partial charge in [-0.3, -0.25) is 9.78 Å². The fourth-order valence-electron chi connectivity index (χ4n) is 1.53. The molecular weight excluding hydrogens is 202 g/mol. The zero-order valence-electron chi connectivity index (χ0n) is 9.52. The molecule has 1 amide bonds. The molecule has 0 radical (unpaired) electrons. The van der Waals surface area contributed by atoms with Crippen LogP contribution in [-0.2, 0) is 4.79 Å². The number of nitrogens with one attached hydrogen (secondary N) is 1. The molecule has 0 unspecified atom stereocenters. The molecule has 1 saturated carbocycles. The topological polar surface area (TPSA) is 45.2 Å². The summed E-state index contributed by atoms with van der Waals surface area (Å²) in [5, 5.41) is 3.33. The van der Waals surface area contributed by atoms with Crippen LogP contribution in [0.4, 0.5) is 5.69 Å². The number of carbonyl (C=O) groups excluding carboxylic acids is 1. The van der Waals surface area contributed by atoms with E-state index in [1.54, 1.807) is 24.3 Å². The number of aromatic nitrogens is 1. The SMILES string of the molecule is CN(C(=O)CCNC1CC1)c1cccnc1. The predicted octanol–water partition coefficient (Wildman–Crippen LogP) is 1.19. The quantitative estimate of drug-likeness (QED) is 0.809. The van der Waals surface area contributed by atoms with Gasteiger partial charge in [-0.15, -0.1) is 0 Å². The van der Waals surface area contributed by atoms with Gasteiger partial charge in [0.2, 0.25) is 5.91 Å². The van der Waals surface area contributed by atoms with Gasteiger partial charge < -0.3 is 10.2 Å². The molecule has 0 aliphatic heterocycles. The van der Waals surface area contributed by atoms with E-state index in [0.717, 1.165) is 12.2 Å². The Hall–Kier alpha value is -1.42. The van der Waals surface area contributed by atoms with Gasteiger partial charge in [-0.1, -0.05) is 0 Å². The highest BCUT2D eigenvalue weighted by atomic mass is 16.2. The lowest BCUT2D eigenvalue weighted by molar-refractivity contribution is -0.118. The summed E-state index contributed by atoms with van der Waals surface area (Å²) in [6.45, 7) is 0.772. The minimum absolute atomic E-state index is 0.126. The van der Waals surface area contributed by atoms with Crippen LogP contribution in [0.2, 0.25) is 0 Å². The van der Waals surface area contributed by atoms with Crippen LogP contribution in [0.1, 0.15) is 19.3 Å². The van der Waals surface area contributed by atoms with Gasteiger partial charge in [0.1, 0.15) is 0 Å². The first-order chi connectivity index (χ1) is 7.77. The number of anilines is 1. The monoisotopic (exact) mass is 219 g/mol. The molecule has 4 heteroatoms. The van der Waals surface area contributed by atoms with E-state index >= 15 is 0 Å². The summed E-state index contributed by atoms with van der Waals surface area (Å²) >= 11 is 0. The summed E-state index contributed by atoms with van der Waals surface area (Å²) < 4.78 is 0. The predicted molar refractivity (Wildman–Crippen MR) is 63.3 cm³/mol. The summed E-state index contributed by atoms with van der Waals surface area (Å²) in [7, 11) is 1.79. The molecule has 1 aromatic rings. The molecule has 1 aliphatic carbocycles. The van der Waals surface area contributed by atoms with Crippen molar-refractivity contribution in [3.8, 4) is 0 Å². The Morgan fingerprint density at radius 2 is 2.44 bits per heavy atom. The van der Waals surface area contributed by atoms with E-state index < -0.39 is 0 Å². The van der Waals surface area contributed by atoms with Crippen LogP contribution >= 0.6 is 0 Å². The number of pyridine rings is 1. The first-order valence-electron chi connectivity index (χ1n) is 5.67. The first-order valence-corrected chi connectivity index (χ1v) is 5.67. The fraction of sp³-hybridized carbons (Fsp3) is 0.500. The molecular formula is C12H17N3O. The Kier molecular flexibility index (Phi) is 3.51. The van der Waals surface area contributed by atoms with E-state index in [2.05, 4.69) is 10.3 Å². The Balaban J connectivity index is 1.79. The first kappa shape index (κ1) is 11.1. The summed E-state index contributed by atoms with van der Waals surface area (Å²) in [5.74, 6) is 0.126. The molecule has 0 spiro atoms. The summed E-state index contributed by atoms with van der Waals surface area (Å²) in [6, 6.07) is 4.39. The van der Waals surface area contributed by atoms with Crippen molar-refractivity contribution < 1.29 is 4.79 Å². The zero-order valence-corrected chi connectivity index (χ0v) is 9.52. The van der Waals surface area contributed by atoms with Crippen LogP contribution in [0.5, 0.6) is 0 Å². The molecule has 1 fully saturated rings. The summed E-state index contributed by atoms with van der Waals surface area (Å²) in [4.78, 5) is 17.5. The molecule has 0 bridgehead atoms. The molecule has 1 N–H and O–H groups in total. The van der Waals surface area contributed by atoms with Gasteiger partial charge in [-0.05, 0) is 25.0 Å². The van der Waals surface area contributed by atoms with Gasteiger partial charge in [0.05, 0.1) is 11.9 Å². The molecule has 0 saturated heterocycles. The van der Waals surface area contributed by atoms with Crippen molar-refractivity contribution >= 4 is 11.6 Å². The van der Waals surface area contributed by atoms with Gasteiger partial charge in [0.15, 0.2) is 0 Å². The Morgan fingerprint density at radius 3 is 3.06 bits per heavy atom. The third-order valence-corrected chi connectivity index (χ3v) is 2.76. The average Bonchev–Trinajstić information content (AvgIpc) is 3.13. The van der Waals surface area contributed by atoms with E-state index in [-0.39, 0.29) is 5.91 Å². The maximum Gasteiger partial charge on any atom is 0.228 e. The third kappa shape index (κ3) is 3.03. The summed E-state index contributed by atoms with van der Waals surface area (Å²) in [6.07, 6.45) is 6.46. The molecule has 0 aromatic carbocycles. The third-order valence-electron chi connectivity index (χ3n) is 2.76. The van der Waals surface area contributed by atoms with E-state index in [4.69, 9.17) is 0 Å². The molecule has 1 heterocycles. The van der Waals surface area contributed by atoms with Gasteiger partial charge in [0.25, 0.3) is 0 Å². The Bertz CT molecular complexity index is 349. The maximum atomic E-state index is 11.8. The molecule has 2 rings (SSSR count). The van der Waals surface area contributed by atoms with Crippen molar-refractivity contribution in [2.75, 3.05) is 18.5 Å². The number of rotatable bonds is 5. The van der Waals surface area contributed by atoms with Crippen LogP contribution in [0, 0.1) is 0 Å². The second-order valence-corrected chi connectivity index (χ2v) is 4.14. The van der Waals surface area contributed by atoms with Crippen LogP contribution in [0.25, 0.3) is 0 Å². The molecule has 1 aliphatic rings. The average molecular weight is 219 g/mol. The largest absolute Gasteiger partial charge is 0.314 e. The van der Waals surface area contributed by atoms with Gasteiger partial charge in [0, 0.05) is 32.3 Å². The number of hydrogen-bond donors (Lipinski definition) is 1. The molecule has 86 valence electrons. The molecule has 0 atom stereocenters. The second kappa shape index (κ2) is 5.07. The van der Waals surface area contributed by atoms with E-state index in [1.807, 2.05) is 12.1 Å². The smallest absolute Gasteiger partial charge is 0.228 e. The van der Waals surface area contributed by atoms with Crippen LogP contribution in [0.3, 0.4) is 0 Å². The fourth-order valence-corrected chi connectivity index (χ4v) is 1.53. The van der Waals surface area contributed by atoms with Crippen molar-refractivity contribution in [2.45, 2.75) is 25.3 Å². The Morgan fingerprint density at radius 1 is 1.62 bits per heavy atom. The van der Waals surface area contributed by atoms with Gasteiger partial charge in [-0.2, -0.15) is 0 Å². The van der Waals surface area contributed by atoms with Crippen molar-refractivity contribution in [3.05, 3.63) is 24.5 Å². The van der Waals surface area contributed by atoms with Crippen molar-refractivity contribution in [1.82, 2.24) is 10.3 Å². The number of amides is 1. The lowest BCUT2D eigenvalue weighted by atomic mass is 10.3. The minimum atomic E-state index is 0.126. The highest BCUT2D eigenvalue weighted by Gasteiger charge is 2.20. The minimum Gasteiger partial charge on any atom is -0.314 e. The lowest BCUT2D eigenvalue weighted by Gasteiger charge is -2.16. The number of nitrogens with zero attached hydrogens (tertiary/aromatic N) is 2. The van der Waals surface area contributed by atoms with E-state index in [9.17, 15) is 4.79 Å². The summed E-state index contributed by atoms with van der Waals surface area (Å²) in [5.41, 5.74) is 0.846. The highest BCUT2D eigenvalue weighted by Crippen LogP contribution is 2.18. The molecule has 4 nitrogen and oxygen atoms in total. The van der Waals surface area contributed by atoms with E-state index in [0.29, 0.717) is 12.5 Å².